The van der Waals surface area contributed by atoms with Crippen LogP contribution in [-0.2, 0) is 4.79 Å². The Morgan fingerprint density at radius 3 is 2.76 bits per heavy atom. The summed E-state index contributed by atoms with van der Waals surface area (Å²) in [4.78, 5) is 14.7. The van der Waals surface area contributed by atoms with E-state index >= 15 is 0 Å². The van der Waals surface area contributed by atoms with Gasteiger partial charge in [0.15, 0.2) is 0 Å². The zero-order chi connectivity index (χ0) is 14.8. The Morgan fingerprint density at radius 1 is 1.33 bits per heavy atom. The summed E-state index contributed by atoms with van der Waals surface area (Å²) in [5, 5.41) is 4.20. The molecule has 0 saturated carbocycles. The molecule has 4 heteroatoms. The smallest absolute Gasteiger partial charge is 0.244 e. The molecule has 1 fully saturated rings. The van der Waals surface area contributed by atoms with Gasteiger partial charge in [-0.25, -0.2) is 0 Å². The lowest BCUT2D eigenvalue weighted by molar-refractivity contribution is -0.133. The Morgan fingerprint density at radius 2 is 2.10 bits per heavy atom. The number of rotatable bonds is 3. The van der Waals surface area contributed by atoms with E-state index in [-0.39, 0.29) is 11.9 Å². The van der Waals surface area contributed by atoms with E-state index < -0.39 is 6.04 Å². The molecule has 0 radical (unpaired) electrons. The highest BCUT2D eigenvalue weighted by Crippen LogP contribution is 2.34. The van der Waals surface area contributed by atoms with Crippen molar-refractivity contribution in [3.05, 3.63) is 57.8 Å². The molecule has 21 heavy (non-hydrogen) atoms. The Balaban J connectivity index is 1.79. The van der Waals surface area contributed by atoms with Crippen LogP contribution < -0.4 is 5.73 Å². The van der Waals surface area contributed by atoms with E-state index in [1.54, 1.807) is 11.3 Å². The molecule has 1 aromatic heterocycles. The van der Waals surface area contributed by atoms with Crippen LogP contribution in [0.4, 0.5) is 0 Å². The summed E-state index contributed by atoms with van der Waals surface area (Å²) in [5.41, 5.74) is 9.50. The van der Waals surface area contributed by atoms with Gasteiger partial charge in [0.25, 0.3) is 0 Å². The second kappa shape index (κ2) is 6.00. The van der Waals surface area contributed by atoms with Gasteiger partial charge in [0.05, 0.1) is 6.04 Å². The summed E-state index contributed by atoms with van der Waals surface area (Å²) < 4.78 is 0. The highest BCUT2D eigenvalue weighted by Gasteiger charge is 2.33. The van der Waals surface area contributed by atoms with Crippen LogP contribution in [-0.4, -0.2) is 17.4 Å². The molecule has 3 nitrogen and oxygen atoms in total. The molecular formula is C17H20N2OS. The van der Waals surface area contributed by atoms with Crippen LogP contribution in [0.25, 0.3) is 0 Å². The van der Waals surface area contributed by atoms with Gasteiger partial charge in [0.1, 0.15) is 6.04 Å². The Bertz CT molecular complexity index is 606. The van der Waals surface area contributed by atoms with Crippen LogP contribution in [0, 0.1) is 6.92 Å². The van der Waals surface area contributed by atoms with Gasteiger partial charge in [0, 0.05) is 6.54 Å². The van der Waals surface area contributed by atoms with Crippen molar-refractivity contribution in [1.82, 2.24) is 4.90 Å². The van der Waals surface area contributed by atoms with E-state index in [1.807, 2.05) is 36.1 Å². The van der Waals surface area contributed by atoms with E-state index in [0.717, 1.165) is 24.9 Å². The first-order chi connectivity index (χ1) is 10.2. The third-order valence-corrected chi connectivity index (χ3v) is 4.87. The van der Waals surface area contributed by atoms with Gasteiger partial charge in [-0.3, -0.25) is 4.79 Å². The fraction of sp³-hybridized carbons (Fsp3) is 0.353. The summed E-state index contributed by atoms with van der Waals surface area (Å²) in [5.74, 6) is 0.0348. The molecule has 0 aliphatic carbocycles. The van der Waals surface area contributed by atoms with Crippen molar-refractivity contribution in [2.24, 2.45) is 5.73 Å². The maximum atomic E-state index is 12.7. The lowest BCUT2D eigenvalue weighted by atomic mass is 10.0. The average molecular weight is 300 g/mol. The van der Waals surface area contributed by atoms with Crippen molar-refractivity contribution in [3.63, 3.8) is 0 Å². The standard InChI is InChI=1S/C17H20N2OS/c1-12-4-6-13(7-5-12)16(18)17(20)19-9-2-3-15(19)14-8-10-21-11-14/h4-8,10-11,15-16H,2-3,9,18H2,1H3. The minimum atomic E-state index is -0.565. The predicted molar refractivity (Wildman–Crippen MR) is 86.1 cm³/mol. The number of likely N-dealkylation sites (tertiary alicyclic amines) is 1. The first-order valence-electron chi connectivity index (χ1n) is 7.31. The zero-order valence-electron chi connectivity index (χ0n) is 12.2. The first-order valence-corrected chi connectivity index (χ1v) is 8.26. The number of aryl methyl sites for hydroxylation is 1. The van der Waals surface area contributed by atoms with Crippen molar-refractivity contribution in [1.29, 1.82) is 0 Å². The van der Waals surface area contributed by atoms with Crippen LogP contribution in [0.2, 0.25) is 0 Å². The fourth-order valence-corrected chi connectivity index (χ4v) is 3.64. The van der Waals surface area contributed by atoms with E-state index in [4.69, 9.17) is 5.73 Å². The van der Waals surface area contributed by atoms with E-state index in [0.29, 0.717) is 0 Å². The van der Waals surface area contributed by atoms with Crippen molar-refractivity contribution in [2.45, 2.75) is 31.8 Å². The van der Waals surface area contributed by atoms with E-state index in [1.165, 1.54) is 11.1 Å². The highest BCUT2D eigenvalue weighted by atomic mass is 32.1. The van der Waals surface area contributed by atoms with Crippen LogP contribution in [0.3, 0.4) is 0 Å². The summed E-state index contributed by atoms with van der Waals surface area (Å²) in [6.45, 7) is 2.84. The molecule has 0 bridgehead atoms. The van der Waals surface area contributed by atoms with Crippen LogP contribution >= 0.6 is 11.3 Å². The number of nitrogens with zero attached hydrogens (tertiary/aromatic N) is 1. The van der Waals surface area contributed by atoms with Gasteiger partial charge in [-0.05, 0) is 47.7 Å². The summed E-state index contributed by atoms with van der Waals surface area (Å²) in [6, 6.07) is 9.65. The van der Waals surface area contributed by atoms with Gasteiger partial charge in [0.2, 0.25) is 5.91 Å². The van der Waals surface area contributed by atoms with Gasteiger partial charge < -0.3 is 10.6 Å². The Hall–Kier alpha value is -1.65. The molecule has 110 valence electrons. The molecule has 2 aromatic rings. The number of hydrogen-bond donors (Lipinski definition) is 1. The van der Waals surface area contributed by atoms with E-state index in [2.05, 4.69) is 16.8 Å². The predicted octanol–water partition coefficient (Wildman–Crippen LogP) is 3.42. The minimum absolute atomic E-state index is 0.0348. The topological polar surface area (TPSA) is 46.3 Å². The molecule has 1 aliphatic rings. The number of hydrogen-bond acceptors (Lipinski definition) is 3. The third kappa shape index (κ3) is 2.87. The molecule has 1 aliphatic heterocycles. The average Bonchev–Trinajstić information content (AvgIpc) is 3.17. The molecule has 2 heterocycles. The molecule has 2 N–H and O–H groups in total. The quantitative estimate of drug-likeness (QED) is 0.944. The Labute approximate surface area is 129 Å². The second-order valence-electron chi connectivity index (χ2n) is 5.63. The first kappa shape index (κ1) is 14.3. The third-order valence-electron chi connectivity index (χ3n) is 4.17. The second-order valence-corrected chi connectivity index (χ2v) is 6.41. The van der Waals surface area contributed by atoms with Gasteiger partial charge >= 0.3 is 0 Å². The number of carbonyl (C=O) groups is 1. The summed E-state index contributed by atoms with van der Waals surface area (Å²) in [6.07, 6.45) is 2.08. The molecule has 2 unspecified atom stereocenters. The van der Waals surface area contributed by atoms with Gasteiger partial charge in [-0.15, -0.1) is 0 Å². The number of amides is 1. The molecule has 1 saturated heterocycles. The van der Waals surface area contributed by atoms with Crippen LogP contribution in [0.5, 0.6) is 0 Å². The van der Waals surface area contributed by atoms with Crippen molar-refractivity contribution < 1.29 is 4.79 Å². The zero-order valence-corrected chi connectivity index (χ0v) is 13.0. The number of benzene rings is 1. The maximum Gasteiger partial charge on any atom is 0.244 e. The van der Waals surface area contributed by atoms with E-state index in [9.17, 15) is 4.79 Å². The van der Waals surface area contributed by atoms with Crippen LogP contribution in [0.1, 0.15) is 41.6 Å². The summed E-state index contributed by atoms with van der Waals surface area (Å²) in [7, 11) is 0. The molecule has 3 rings (SSSR count). The SMILES string of the molecule is Cc1ccc(C(N)C(=O)N2CCCC2c2ccsc2)cc1. The lowest BCUT2D eigenvalue weighted by Gasteiger charge is -2.27. The fourth-order valence-electron chi connectivity index (χ4n) is 2.94. The van der Waals surface area contributed by atoms with Gasteiger partial charge in [-0.2, -0.15) is 11.3 Å². The number of nitrogens with two attached hydrogens (primary N) is 1. The molecule has 1 aromatic carbocycles. The van der Waals surface area contributed by atoms with Crippen LogP contribution in [0.15, 0.2) is 41.1 Å². The molecule has 0 spiro atoms. The number of thiophene rings is 1. The highest BCUT2D eigenvalue weighted by molar-refractivity contribution is 7.07. The summed E-state index contributed by atoms with van der Waals surface area (Å²) >= 11 is 1.68. The maximum absolute atomic E-state index is 12.7. The monoisotopic (exact) mass is 300 g/mol. The molecular weight excluding hydrogens is 280 g/mol. The van der Waals surface area contributed by atoms with Crippen molar-refractivity contribution in [3.8, 4) is 0 Å². The van der Waals surface area contributed by atoms with Gasteiger partial charge in [-0.1, -0.05) is 29.8 Å². The van der Waals surface area contributed by atoms with Crippen molar-refractivity contribution >= 4 is 17.2 Å². The normalized spacial score (nSPS) is 19.7. The van der Waals surface area contributed by atoms with Crippen molar-refractivity contribution in [2.75, 3.05) is 6.54 Å². The lowest BCUT2D eigenvalue weighted by Crippen LogP contribution is -2.38. The number of carbonyl (C=O) groups excluding carboxylic acids is 1. The molecule has 1 amide bonds. The minimum Gasteiger partial charge on any atom is -0.334 e. The largest absolute Gasteiger partial charge is 0.334 e. The molecule has 2 atom stereocenters. The Kier molecular flexibility index (Phi) is 4.08.